The standard InChI is InChI=1S/C12H17ClN2O/c1-15(2)9-8-14-12(16)11(13)10-6-4-3-5-7-10/h3-7,11H,8-9H2,1-2H3,(H,14,16). The molecule has 0 aliphatic rings. The number of alkyl halides is 1. The zero-order chi connectivity index (χ0) is 12.0. The van der Waals surface area contributed by atoms with E-state index >= 15 is 0 Å². The number of hydrogen-bond donors (Lipinski definition) is 1. The first-order valence-electron chi connectivity index (χ1n) is 5.22. The van der Waals surface area contributed by atoms with Gasteiger partial charge in [-0.05, 0) is 19.7 Å². The second-order valence-electron chi connectivity index (χ2n) is 3.87. The lowest BCUT2D eigenvalue weighted by atomic mass is 10.1. The molecule has 0 heterocycles. The first-order chi connectivity index (χ1) is 7.61. The Morgan fingerprint density at radius 1 is 1.38 bits per heavy atom. The van der Waals surface area contributed by atoms with E-state index in [4.69, 9.17) is 11.6 Å². The number of halogens is 1. The maximum Gasteiger partial charge on any atom is 0.242 e. The lowest BCUT2D eigenvalue weighted by molar-refractivity contribution is -0.120. The average Bonchev–Trinajstić information content (AvgIpc) is 2.28. The van der Waals surface area contributed by atoms with Crippen molar-refractivity contribution >= 4 is 17.5 Å². The molecule has 1 unspecified atom stereocenters. The largest absolute Gasteiger partial charge is 0.353 e. The van der Waals surface area contributed by atoms with Gasteiger partial charge in [-0.3, -0.25) is 4.79 Å². The van der Waals surface area contributed by atoms with Gasteiger partial charge in [-0.1, -0.05) is 30.3 Å². The van der Waals surface area contributed by atoms with Crippen LogP contribution in [0.2, 0.25) is 0 Å². The SMILES string of the molecule is CN(C)CCNC(=O)C(Cl)c1ccccc1. The summed E-state index contributed by atoms with van der Waals surface area (Å²) in [6.45, 7) is 1.42. The molecule has 0 aliphatic heterocycles. The van der Waals surface area contributed by atoms with Crippen molar-refractivity contribution in [1.82, 2.24) is 10.2 Å². The van der Waals surface area contributed by atoms with Crippen LogP contribution in [-0.2, 0) is 4.79 Å². The fourth-order valence-electron chi connectivity index (χ4n) is 1.27. The van der Waals surface area contributed by atoms with Crippen LogP contribution >= 0.6 is 11.6 Å². The Hall–Kier alpha value is -1.06. The van der Waals surface area contributed by atoms with E-state index in [0.29, 0.717) is 6.54 Å². The van der Waals surface area contributed by atoms with E-state index in [1.165, 1.54) is 0 Å². The molecule has 0 spiro atoms. The first kappa shape index (κ1) is 13.0. The van der Waals surface area contributed by atoms with Crippen LogP contribution in [0.3, 0.4) is 0 Å². The molecule has 4 heteroatoms. The number of likely N-dealkylation sites (N-methyl/N-ethyl adjacent to an activating group) is 1. The maximum absolute atomic E-state index is 11.7. The summed E-state index contributed by atoms with van der Waals surface area (Å²) in [4.78, 5) is 13.7. The van der Waals surface area contributed by atoms with Crippen LogP contribution in [0.4, 0.5) is 0 Å². The molecule has 3 nitrogen and oxygen atoms in total. The van der Waals surface area contributed by atoms with E-state index < -0.39 is 5.38 Å². The molecule has 1 rings (SSSR count). The van der Waals surface area contributed by atoms with Gasteiger partial charge in [-0.25, -0.2) is 0 Å². The summed E-state index contributed by atoms with van der Waals surface area (Å²) in [7, 11) is 3.92. The summed E-state index contributed by atoms with van der Waals surface area (Å²) >= 11 is 6.05. The van der Waals surface area contributed by atoms with Crippen molar-refractivity contribution < 1.29 is 4.79 Å². The van der Waals surface area contributed by atoms with E-state index in [9.17, 15) is 4.79 Å². The van der Waals surface area contributed by atoms with Crippen molar-refractivity contribution in [2.24, 2.45) is 0 Å². The normalized spacial score (nSPS) is 12.5. The zero-order valence-corrected chi connectivity index (χ0v) is 10.4. The number of carbonyl (C=O) groups is 1. The highest BCUT2D eigenvalue weighted by Gasteiger charge is 2.16. The van der Waals surface area contributed by atoms with Crippen molar-refractivity contribution in [2.45, 2.75) is 5.38 Å². The molecule has 0 fully saturated rings. The van der Waals surface area contributed by atoms with Crippen molar-refractivity contribution in [3.8, 4) is 0 Å². The minimum Gasteiger partial charge on any atom is -0.353 e. The van der Waals surface area contributed by atoms with Crippen molar-refractivity contribution in [2.75, 3.05) is 27.2 Å². The van der Waals surface area contributed by atoms with Crippen LogP contribution in [0.1, 0.15) is 10.9 Å². The quantitative estimate of drug-likeness (QED) is 0.794. The van der Waals surface area contributed by atoms with E-state index in [2.05, 4.69) is 5.32 Å². The summed E-state index contributed by atoms with van der Waals surface area (Å²) in [6.07, 6.45) is 0. The number of amides is 1. The maximum atomic E-state index is 11.7. The molecule has 1 aromatic rings. The van der Waals surface area contributed by atoms with Crippen LogP contribution in [0.25, 0.3) is 0 Å². The van der Waals surface area contributed by atoms with Crippen LogP contribution < -0.4 is 5.32 Å². The van der Waals surface area contributed by atoms with Gasteiger partial charge in [0, 0.05) is 13.1 Å². The van der Waals surface area contributed by atoms with Gasteiger partial charge in [-0.2, -0.15) is 0 Å². The van der Waals surface area contributed by atoms with Crippen LogP contribution in [0.5, 0.6) is 0 Å². The van der Waals surface area contributed by atoms with Gasteiger partial charge in [0.15, 0.2) is 0 Å². The van der Waals surface area contributed by atoms with Crippen molar-refractivity contribution in [1.29, 1.82) is 0 Å². The summed E-state index contributed by atoms with van der Waals surface area (Å²) < 4.78 is 0. The highest BCUT2D eigenvalue weighted by Crippen LogP contribution is 2.19. The van der Waals surface area contributed by atoms with E-state index in [1.54, 1.807) is 0 Å². The monoisotopic (exact) mass is 240 g/mol. The Labute approximate surface area is 101 Å². The second-order valence-corrected chi connectivity index (χ2v) is 4.30. The molecule has 1 aromatic carbocycles. The smallest absolute Gasteiger partial charge is 0.242 e. The number of benzene rings is 1. The van der Waals surface area contributed by atoms with Crippen LogP contribution in [-0.4, -0.2) is 38.0 Å². The molecule has 0 aliphatic carbocycles. The molecule has 1 atom stereocenters. The van der Waals surface area contributed by atoms with E-state index in [1.807, 2.05) is 49.3 Å². The Morgan fingerprint density at radius 2 is 2.00 bits per heavy atom. The predicted octanol–water partition coefficient (Wildman–Crippen LogP) is 1.64. The van der Waals surface area contributed by atoms with Gasteiger partial charge >= 0.3 is 0 Å². The third-order valence-corrected chi connectivity index (χ3v) is 2.63. The van der Waals surface area contributed by atoms with Gasteiger partial charge < -0.3 is 10.2 Å². The number of nitrogens with zero attached hydrogens (tertiary/aromatic N) is 1. The third-order valence-electron chi connectivity index (χ3n) is 2.18. The van der Waals surface area contributed by atoms with E-state index in [0.717, 1.165) is 12.1 Å². The molecular weight excluding hydrogens is 224 g/mol. The van der Waals surface area contributed by atoms with E-state index in [-0.39, 0.29) is 5.91 Å². The zero-order valence-electron chi connectivity index (χ0n) is 9.61. The molecule has 0 radical (unpaired) electrons. The Bertz CT molecular complexity index is 327. The van der Waals surface area contributed by atoms with Crippen molar-refractivity contribution in [3.05, 3.63) is 35.9 Å². The summed E-state index contributed by atoms with van der Waals surface area (Å²) in [5.41, 5.74) is 0.825. The highest BCUT2D eigenvalue weighted by molar-refractivity contribution is 6.30. The van der Waals surface area contributed by atoms with Gasteiger partial charge in [0.05, 0.1) is 0 Å². The number of carbonyl (C=O) groups excluding carboxylic acids is 1. The molecule has 16 heavy (non-hydrogen) atoms. The molecule has 0 saturated carbocycles. The first-order valence-corrected chi connectivity index (χ1v) is 5.66. The highest BCUT2D eigenvalue weighted by atomic mass is 35.5. The van der Waals surface area contributed by atoms with Gasteiger partial charge in [0.2, 0.25) is 5.91 Å². The van der Waals surface area contributed by atoms with Gasteiger partial charge in [0.25, 0.3) is 0 Å². The fraction of sp³-hybridized carbons (Fsp3) is 0.417. The average molecular weight is 241 g/mol. The summed E-state index contributed by atoms with van der Waals surface area (Å²) in [6, 6.07) is 9.35. The minimum atomic E-state index is -0.608. The topological polar surface area (TPSA) is 32.3 Å². The molecule has 88 valence electrons. The number of nitrogens with one attached hydrogen (secondary N) is 1. The third kappa shape index (κ3) is 4.21. The fourth-order valence-corrected chi connectivity index (χ4v) is 1.49. The second kappa shape index (κ2) is 6.51. The van der Waals surface area contributed by atoms with Crippen LogP contribution in [0, 0.1) is 0 Å². The Morgan fingerprint density at radius 3 is 2.56 bits per heavy atom. The number of rotatable bonds is 5. The predicted molar refractivity (Wildman–Crippen MR) is 66.6 cm³/mol. The lowest BCUT2D eigenvalue weighted by Gasteiger charge is -2.13. The molecule has 0 bridgehead atoms. The Balaban J connectivity index is 2.43. The van der Waals surface area contributed by atoms with Gasteiger partial charge in [0.1, 0.15) is 5.38 Å². The van der Waals surface area contributed by atoms with Gasteiger partial charge in [-0.15, -0.1) is 11.6 Å². The summed E-state index contributed by atoms with van der Waals surface area (Å²) in [5.74, 6) is -0.144. The minimum absolute atomic E-state index is 0.144. The van der Waals surface area contributed by atoms with Crippen LogP contribution in [0.15, 0.2) is 30.3 Å². The summed E-state index contributed by atoms with van der Waals surface area (Å²) in [5, 5.41) is 2.19. The van der Waals surface area contributed by atoms with Crippen molar-refractivity contribution in [3.63, 3.8) is 0 Å². The molecular formula is C12H17ClN2O. The molecule has 0 aromatic heterocycles. The Kier molecular flexibility index (Phi) is 5.29. The molecule has 1 amide bonds. The number of hydrogen-bond acceptors (Lipinski definition) is 2. The molecule has 1 N–H and O–H groups in total. The molecule has 0 saturated heterocycles. The lowest BCUT2D eigenvalue weighted by Crippen LogP contribution is -2.33.